The van der Waals surface area contributed by atoms with Crippen molar-refractivity contribution >= 4 is 17.5 Å². The molecule has 0 radical (unpaired) electrons. The van der Waals surface area contributed by atoms with Gasteiger partial charge >= 0.3 is 0 Å². The first-order chi connectivity index (χ1) is 12.5. The second kappa shape index (κ2) is 7.74. The van der Waals surface area contributed by atoms with Gasteiger partial charge in [-0.05, 0) is 44.5 Å². The lowest BCUT2D eigenvalue weighted by atomic mass is 10.1. The lowest BCUT2D eigenvalue weighted by Gasteiger charge is -2.37. The second-order valence-corrected chi connectivity index (χ2v) is 6.79. The Bertz CT molecular complexity index is 778. The maximum Gasteiger partial charge on any atom is 0.289 e. The molecule has 0 saturated carbocycles. The number of carbonyl (C=O) groups is 2. The van der Waals surface area contributed by atoms with E-state index in [1.807, 2.05) is 32.9 Å². The molecule has 0 spiro atoms. The van der Waals surface area contributed by atoms with Crippen LogP contribution in [0.5, 0.6) is 0 Å². The maximum atomic E-state index is 12.6. The summed E-state index contributed by atoms with van der Waals surface area (Å²) in [6.07, 6.45) is 1.50. The number of rotatable bonds is 4. The van der Waals surface area contributed by atoms with Gasteiger partial charge in [0.15, 0.2) is 5.76 Å². The van der Waals surface area contributed by atoms with Crippen molar-refractivity contribution in [2.75, 3.05) is 31.5 Å². The van der Waals surface area contributed by atoms with Crippen LogP contribution in [0.3, 0.4) is 0 Å². The highest BCUT2D eigenvalue weighted by Gasteiger charge is 2.28. The summed E-state index contributed by atoms with van der Waals surface area (Å²) in [7, 11) is 0. The Morgan fingerprint density at radius 3 is 2.46 bits per heavy atom. The number of hydrogen-bond donors (Lipinski definition) is 1. The molecule has 0 aliphatic carbocycles. The van der Waals surface area contributed by atoms with Gasteiger partial charge in [-0.15, -0.1) is 0 Å². The molecular formula is C20H25N3O3. The lowest BCUT2D eigenvalue weighted by molar-refractivity contribution is -0.121. The van der Waals surface area contributed by atoms with Crippen molar-refractivity contribution in [1.82, 2.24) is 9.80 Å². The molecule has 0 unspecified atom stereocenters. The number of hydrogen-bond acceptors (Lipinski definition) is 4. The summed E-state index contributed by atoms with van der Waals surface area (Å²) in [5.41, 5.74) is 3.07. The molecule has 1 aromatic heterocycles. The van der Waals surface area contributed by atoms with E-state index < -0.39 is 0 Å². The zero-order chi connectivity index (χ0) is 18.7. The summed E-state index contributed by atoms with van der Waals surface area (Å²) in [5, 5.41) is 3.01. The van der Waals surface area contributed by atoms with E-state index in [1.54, 1.807) is 17.0 Å². The third-order valence-corrected chi connectivity index (χ3v) is 4.90. The Morgan fingerprint density at radius 1 is 1.12 bits per heavy atom. The third-order valence-electron chi connectivity index (χ3n) is 4.90. The summed E-state index contributed by atoms with van der Waals surface area (Å²) < 4.78 is 5.18. The van der Waals surface area contributed by atoms with Crippen molar-refractivity contribution in [1.29, 1.82) is 0 Å². The molecule has 6 nitrogen and oxygen atoms in total. The molecule has 1 aliphatic rings. The summed E-state index contributed by atoms with van der Waals surface area (Å²) >= 11 is 0. The molecule has 2 heterocycles. The normalized spacial score (nSPS) is 16.3. The smallest absolute Gasteiger partial charge is 0.289 e. The van der Waals surface area contributed by atoms with Gasteiger partial charge in [0.2, 0.25) is 5.91 Å². The molecular weight excluding hydrogens is 330 g/mol. The van der Waals surface area contributed by atoms with E-state index in [0.717, 1.165) is 11.3 Å². The van der Waals surface area contributed by atoms with E-state index in [-0.39, 0.29) is 17.9 Å². The first-order valence-corrected chi connectivity index (χ1v) is 8.90. The van der Waals surface area contributed by atoms with Gasteiger partial charge in [-0.3, -0.25) is 14.5 Å². The van der Waals surface area contributed by atoms with Gasteiger partial charge in [0.25, 0.3) is 5.91 Å². The van der Waals surface area contributed by atoms with E-state index in [4.69, 9.17) is 4.42 Å². The van der Waals surface area contributed by atoms with Crippen LogP contribution in [0.15, 0.2) is 41.0 Å². The number of benzene rings is 1. The number of furan rings is 1. The fourth-order valence-electron chi connectivity index (χ4n) is 3.23. The zero-order valence-electron chi connectivity index (χ0n) is 15.5. The quantitative estimate of drug-likeness (QED) is 0.916. The summed E-state index contributed by atoms with van der Waals surface area (Å²) in [4.78, 5) is 28.8. The van der Waals surface area contributed by atoms with Gasteiger partial charge in [0, 0.05) is 31.9 Å². The molecule has 1 aliphatic heterocycles. The number of nitrogens with zero attached hydrogens (tertiary/aromatic N) is 2. The molecule has 1 N–H and O–H groups in total. The highest BCUT2D eigenvalue weighted by Crippen LogP contribution is 2.17. The number of nitrogens with one attached hydrogen (secondary N) is 1. The van der Waals surface area contributed by atoms with Crippen molar-refractivity contribution in [2.24, 2.45) is 0 Å². The largest absolute Gasteiger partial charge is 0.459 e. The van der Waals surface area contributed by atoms with Crippen molar-refractivity contribution in [3.63, 3.8) is 0 Å². The summed E-state index contributed by atoms with van der Waals surface area (Å²) in [6, 6.07) is 9.12. The molecule has 2 aromatic rings. The van der Waals surface area contributed by atoms with E-state index in [2.05, 4.69) is 16.3 Å². The average Bonchev–Trinajstić information content (AvgIpc) is 3.17. The predicted octanol–water partition coefficient (Wildman–Crippen LogP) is 2.68. The Balaban J connectivity index is 1.55. The van der Waals surface area contributed by atoms with Crippen LogP contribution in [-0.4, -0.2) is 53.8 Å². The van der Waals surface area contributed by atoms with Crippen LogP contribution in [0.25, 0.3) is 0 Å². The van der Waals surface area contributed by atoms with E-state index in [0.29, 0.717) is 31.9 Å². The molecule has 3 rings (SSSR count). The first kappa shape index (κ1) is 18.2. The van der Waals surface area contributed by atoms with Crippen LogP contribution < -0.4 is 5.32 Å². The molecule has 1 aromatic carbocycles. The van der Waals surface area contributed by atoms with Gasteiger partial charge in [0.1, 0.15) is 0 Å². The van der Waals surface area contributed by atoms with E-state index in [9.17, 15) is 9.59 Å². The van der Waals surface area contributed by atoms with Gasteiger partial charge in [-0.1, -0.05) is 17.7 Å². The average molecular weight is 355 g/mol. The number of anilines is 1. The van der Waals surface area contributed by atoms with Crippen LogP contribution in [0.2, 0.25) is 0 Å². The number of amides is 2. The minimum atomic E-state index is -0.253. The summed E-state index contributed by atoms with van der Waals surface area (Å²) in [6.45, 7) is 8.42. The van der Waals surface area contributed by atoms with Crippen LogP contribution in [0.1, 0.15) is 28.6 Å². The molecule has 26 heavy (non-hydrogen) atoms. The Labute approximate surface area is 153 Å². The zero-order valence-corrected chi connectivity index (χ0v) is 15.5. The minimum Gasteiger partial charge on any atom is -0.459 e. The van der Waals surface area contributed by atoms with Crippen molar-refractivity contribution in [3.05, 3.63) is 53.5 Å². The monoisotopic (exact) mass is 355 g/mol. The predicted molar refractivity (Wildman–Crippen MR) is 100 cm³/mol. The van der Waals surface area contributed by atoms with Gasteiger partial charge < -0.3 is 14.6 Å². The maximum absolute atomic E-state index is 12.6. The van der Waals surface area contributed by atoms with Gasteiger partial charge in [-0.2, -0.15) is 0 Å². The molecule has 2 amide bonds. The lowest BCUT2D eigenvalue weighted by Crippen LogP contribution is -2.54. The molecule has 138 valence electrons. The molecule has 1 atom stereocenters. The summed E-state index contributed by atoms with van der Waals surface area (Å²) in [5.74, 6) is 0.240. The van der Waals surface area contributed by atoms with Crippen LogP contribution in [0, 0.1) is 13.8 Å². The van der Waals surface area contributed by atoms with Crippen molar-refractivity contribution < 1.29 is 14.0 Å². The van der Waals surface area contributed by atoms with Gasteiger partial charge in [-0.25, -0.2) is 0 Å². The molecule has 0 bridgehead atoms. The highest BCUT2D eigenvalue weighted by atomic mass is 16.3. The van der Waals surface area contributed by atoms with Crippen molar-refractivity contribution in [3.8, 4) is 0 Å². The first-order valence-electron chi connectivity index (χ1n) is 8.90. The highest BCUT2D eigenvalue weighted by molar-refractivity contribution is 5.95. The number of carbonyl (C=O) groups excluding carboxylic acids is 2. The molecule has 1 fully saturated rings. The third kappa shape index (κ3) is 3.96. The fourth-order valence-corrected chi connectivity index (χ4v) is 3.23. The van der Waals surface area contributed by atoms with E-state index in [1.165, 1.54) is 11.8 Å². The topological polar surface area (TPSA) is 65.8 Å². The van der Waals surface area contributed by atoms with Crippen LogP contribution in [0.4, 0.5) is 5.69 Å². The number of aryl methyl sites for hydroxylation is 2. The minimum absolute atomic E-state index is 0.0252. The molecule has 6 heteroatoms. The molecule has 1 saturated heterocycles. The SMILES string of the molecule is Cc1ccc(NC(=O)[C@H](C)N2CCN(C(=O)c3ccco3)CC2)c(C)c1. The van der Waals surface area contributed by atoms with Crippen molar-refractivity contribution in [2.45, 2.75) is 26.8 Å². The fraction of sp³-hybridized carbons (Fsp3) is 0.400. The Morgan fingerprint density at radius 2 is 1.85 bits per heavy atom. The van der Waals surface area contributed by atoms with Crippen LogP contribution in [-0.2, 0) is 4.79 Å². The Hall–Kier alpha value is -2.60. The Kier molecular flexibility index (Phi) is 5.42. The van der Waals surface area contributed by atoms with Gasteiger partial charge in [0.05, 0.1) is 12.3 Å². The second-order valence-electron chi connectivity index (χ2n) is 6.79. The number of piperazine rings is 1. The van der Waals surface area contributed by atoms with E-state index >= 15 is 0 Å². The standard InChI is InChI=1S/C20H25N3O3/c1-14-6-7-17(15(2)13-14)21-19(24)16(3)22-8-10-23(11-9-22)20(25)18-5-4-12-26-18/h4-7,12-13,16H,8-11H2,1-3H3,(H,21,24)/t16-/m0/s1. The van der Waals surface area contributed by atoms with Crippen LogP contribution >= 0.6 is 0 Å².